The number of nitrogens with one attached hydrogen (secondary N) is 1. The van der Waals surface area contributed by atoms with Crippen LogP contribution in [-0.4, -0.2) is 46.9 Å². The zero-order valence-corrected chi connectivity index (χ0v) is 14.3. The van der Waals surface area contributed by atoms with Gasteiger partial charge in [-0.3, -0.25) is 9.59 Å². The van der Waals surface area contributed by atoms with Crippen molar-refractivity contribution in [2.24, 2.45) is 5.92 Å². The topological polar surface area (TPSA) is 86.7 Å². The molecule has 2 N–H and O–H groups in total. The average Bonchev–Trinajstić information content (AvgIpc) is 2.50. The minimum Gasteiger partial charge on any atom is -0.480 e. The fourth-order valence-electron chi connectivity index (χ4n) is 1.95. The Bertz CT molecular complexity index is 603. The third kappa shape index (κ3) is 4.69. The maximum absolute atomic E-state index is 12.5. The molecule has 0 spiro atoms. The number of carbonyl (C=O) groups is 3. The van der Waals surface area contributed by atoms with E-state index in [1.807, 2.05) is 0 Å². The smallest absolute Gasteiger partial charge is 0.326 e. The van der Waals surface area contributed by atoms with Crippen molar-refractivity contribution in [1.29, 1.82) is 0 Å². The number of hydrogen-bond acceptors (Lipinski definition) is 3. The van der Waals surface area contributed by atoms with Crippen LogP contribution in [0.5, 0.6) is 0 Å². The molecule has 0 bridgehead atoms. The van der Waals surface area contributed by atoms with Gasteiger partial charge in [0.1, 0.15) is 12.1 Å². The molecule has 0 aromatic heterocycles. The molecule has 2 atom stereocenters. The number of benzene rings is 1. The molecule has 1 aromatic rings. The molecule has 126 valence electrons. The number of amides is 2. The van der Waals surface area contributed by atoms with Gasteiger partial charge in [0, 0.05) is 7.05 Å². The number of hydrogen-bond donors (Lipinski definition) is 2. The van der Waals surface area contributed by atoms with E-state index >= 15 is 0 Å². The maximum atomic E-state index is 12.5. The molecule has 1 rings (SSSR count). The molecular weight excluding hydrogens is 320 g/mol. The first-order valence-corrected chi connectivity index (χ1v) is 7.59. The number of carboxylic acids is 1. The number of rotatable bonds is 6. The maximum Gasteiger partial charge on any atom is 0.326 e. The van der Waals surface area contributed by atoms with E-state index in [0.29, 0.717) is 0 Å². The minimum absolute atomic E-state index is 0.211. The highest BCUT2D eigenvalue weighted by Crippen LogP contribution is 2.16. The van der Waals surface area contributed by atoms with Gasteiger partial charge >= 0.3 is 5.97 Å². The molecule has 0 aliphatic rings. The molecule has 7 heteroatoms. The highest BCUT2D eigenvalue weighted by molar-refractivity contribution is 6.33. The summed E-state index contributed by atoms with van der Waals surface area (Å²) in [5.41, 5.74) is 0.265. The molecule has 1 aromatic carbocycles. The second kappa shape index (κ2) is 7.97. The third-order valence-electron chi connectivity index (χ3n) is 3.62. The van der Waals surface area contributed by atoms with Crippen molar-refractivity contribution < 1.29 is 19.5 Å². The van der Waals surface area contributed by atoms with Crippen LogP contribution < -0.4 is 5.32 Å². The van der Waals surface area contributed by atoms with Gasteiger partial charge in [0.25, 0.3) is 5.91 Å². The standard InChI is InChI=1S/C16H21ClN2O4/c1-9(2)13(15(21)19(4)10(3)16(22)23)18-14(20)11-7-5-6-8-12(11)17/h5-10,13H,1-4H3,(H,18,20)(H,22,23). The molecule has 2 amide bonds. The molecule has 0 aliphatic carbocycles. The average molecular weight is 341 g/mol. The van der Waals surface area contributed by atoms with E-state index in [1.54, 1.807) is 38.1 Å². The zero-order valence-electron chi connectivity index (χ0n) is 13.5. The molecule has 0 aliphatic heterocycles. The van der Waals surface area contributed by atoms with Crippen molar-refractivity contribution in [1.82, 2.24) is 10.2 Å². The molecule has 0 saturated carbocycles. The Balaban J connectivity index is 2.95. The number of likely N-dealkylation sites (N-methyl/N-ethyl adjacent to an activating group) is 1. The van der Waals surface area contributed by atoms with Gasteiger partial charge < -0.3 is 15.3 Å². The Hall–Kier alpha value is -2.08. The largest absolute Gasteiger partial charge is 0.480 e. The monoisotopic (exact) mass is 340 g/mol. The summed E-state index contributed by atoms with van der Waals surface area (Å²) in [4.78, 5) is 37.0. The highest BCUT2D eigenvalue weighted by atomic mass is 35.5. The van der Waals surface area contributed by atoms with Crippen LogP contribution in [-0.2, 0) is 9.59 Å². The van der Waals surface area contributed by atoms with E-state index in [1.165, 1.54) is 14.0 Å². The first kappa shape index (κ1) is 19.0. The summed E-state index contributed by atoms with van der Waals surface area (Å²) in [6.07, 6.45) is 0. The molecule has 0 radical (unpaired) electrons. The van der Waals surface area contributed by atoms with E-state index in [2.05, 4.69) is 5.32 Å². The van der Waals surface area contributed by atoms with Crippen molar-refractivity contribution in [3.8, 4) is 0 Å². The van der Waals surface area contributed by atoms with Crippen molar-refractivity contribution in [2.45, 2.75) is 32.9 Å². The van der Waals surface area contributed by atoms with Crippen molar-refractivity contribution >= 4 is 29.4 Å². The van der Waals surface area contributed by atoms with E-state index in [-0.39, 0.29) is 16.5 Å². The summed E-state index contributed by atoms with van der Waals surface area (Å²) in [7, 11) is 1.40. The van der Waals surface area contributed by atoms with Gasteiger partial charge in [-0.25, -0.2) is 4.79 Å². The summed E-state index contributed by atoms with van der Waals surface area (Å²) >= 11 is 5.98. The van der Waals surface area contributed by atoms with E-state index < -0.39 is 29.9 Å². The number of halogens is 1. The van der Waals surface area contributed by atoms with Crippen LogP contribution in [0.2, 0.25) is 5.02 Å². The highest BCUT2D eigenvalue weighted by Gasteiger charge is 2.31. The fourth-order valence-corrected chi connectivity index (χ4v) is 2.18. The van der Waals surface area contributed by atoms with E-state index in [4.69, 9.17) is 16.7 Å². The Morgan fingerprint density at radius 3 is 2.22 bits per heavy atom. The van der Waals surface area contributed by atoms with Crippen LogP contribution in [0.3, 0.4) is 0 Å². The first-order chi connectivity index (χ1) is 10.7. The van der Waals surface area contributed by atoms with Crippen LogP contribution in [0.25, 0.3) is 0 Å². The van der Waals surface area contributed by atoms with Crippen molar-refractivity contribution in [3.63, 3.8) is 0 Å². The fraction of sp³-hybridized carbons (Fsp3) is 0.438. The summed E-state index contributed by atoms with van der Waals surface area (Å²) in [5, 5.41) is 11.9. The van der Waals surface area contributed by atoms with Gasteiger partial charge in [-0.1, -0.05) is 37.6 Å². The summed E-state index contributed by atoms with van der Waals surface area (Å²) in [6.45, 7) is 4.96. The normalized spacial score (nSPS) is 13.3. The molecular formula is C16H21ClN2O4. The summed E-state index contributed by atoms with van der Waals surface area (Å²) in [6, 6.07) is 4.69. The van der Waals surface area contributed by atoms with Gasteiger partial charge in [0.15, 0.2) is 0 Å². The SMILES string of the molecule is CC(C)C(NC(=O)c1ccccc1Cl)C(=O)N(C)C(C)C(=O)O. The lowest BCUT2D eigenvalue weighted by Gasteiger charge is -2.29. The lowest BCUT2D eigenvalue weighted by molar-refractivity contribution is -0.149. The number of aliphatic carboxylic acids is 1. The minimum atomic E-state index is -1.11. The van der Waals surface area contributed by atoms with Crippen molar-refractivity contribution in [3.05, 3.63) is 34.9 Å². The molecule has 0 fully saturated rings. The Kier molecular flexibility index (Phi) is 6.57. The van der Waals surface area contributed by atoms with Gasteiger partial charge in [0.2, 0.25) is 5.91 Å². The lowest BCUT2D eigenvalue weighted by atomic mass is 10.0. The Labute approximate surface area is 140 Å². The van der Waals surface area contributed by atoms with Crippen LogP contribution in [0, 0.1) is 5.92 Å². The first-order valence-electron chi connectivity index (χ1n) is 7.21. The van der Waals surface area contributed by atoms with Crippen LogP contribution in [0.15, 0.2) is 24.3 Å². The summed E-state index contributed by atoms with van der Waals surface area (Å²) in [5.74, 6) is -2.26. The van der Waals surface area contributed by atoms with Crippen LogP contribution in [0.1, 0.15) is 31.1 Å². The van der Waals surface area contributed by atoms with E-state index in [9.17, 15) is 14.4 Å². The molecule has 6 nitrogen and oxygen atoms in total. The predicted octanol–water partition coefficient (Wildman–Crippen LogP) is 2.03. The van der Waals surface area contributed by atoms with Crippen molar-refractivity contribution in [2.75, 3.05) is 7.05 Å². The van der Waals surface area contributed by atoms with Gasteiger partial charge in [0.05, 0.1) is 10.6 Å². The van der Waals surface area contributed by atoms with E-state index in [0.717, 1.165) is 4.90 Å². The number of carbonyl (C=O) groups excluding carboxylic acids is 2. The Morgan fingerprint density at radius 1 is 1.17 bits per heavy atom. The molecule has 0 heterocycles. The second-order valence-electron chi connectivity index (χ2n) is 5.64. The second-order valence-corrected chi connectivity index (χ2v) is 6.05. The third-order valence-corrected chi connectivity index (χ3v) is 3.95. The lowest BCUT2D eigenvalue weighted by Crippen LogP contribution is -2.53. The van der Waals surface area contributed by atoms with Crippen LogP contribution in [0.4, 0.5) is 0 Å². The van der Waals surface area contributed by atoms with Gasteiger partial charge in [-0.15, -0.1) is 0 Å². The molecule has 23 heavy (non-hydrogen) atoms. The zero-order chi connectivity index (χ0) is 17.7. The van der Waals surface area contributed by atoms with Gasteiger partial charge in [-0.05, 0) is 25.0 Å². The number of carboxylic acid groups (broad SMARTS) is 1. The Morgan fingerprint density at radius 2 is 1.74 bits per heavy atom. The number of nitrogens with zero attached hydrogens (tertiary/aromatic N) is 1. The predicted molar refractivity (Wildman–Crippen MR) is 87.4 cm³/mol. The van der Waals surface area contributed by atoms with Gasteiger partial charge in [-0.2, -0.15) is 0 Å². The quantitative estimate of drug-likeness (QED) is 0.829. The molecule has 0 saturated heterocycles. The summed E-state index contributed by atoms with van der Waals surface area (Å²) < 4.78 is 0. The molecule has 2 unspecified atom stereocenters. The van der Waals surface area contributed by atoms with Crippen LogP contribution >= 0.6 is 11.6 Å².